The lowest BCUT2D eigenvalue weighted by Crippen LogP contribution is -2.11. The number of benzene rings is 2. The van der Waals surface area contributed by atoms with Crippen LogP contribution in [0.2, 0.25) is 0 Å². The van der Waals surface area contributed by atoms with Crippen molar-refractivity contribution >= 4 is 23.4 Å². The summed E-state index contributed by atoms with van der Waals surface area (Å²) < 4.78 is 0. The molecule has 0 heterocycles. The average Bonchev–Trinajstić information content (AvgIpc) is 2.41. The fourth-order valence-corrected chi connectivity index (χ4v) is 2.44. The van der Waals surface area contributed by atoms with Crippen molar-refractivity contribution < 1.29 is 14.8 Å². The maximum absolute atomic E-state index is 11.0. The first-order chi connectivity index (χ1) is 9.47. The van der Waals surface area contributed by atoms with Gasteiger partial charge in [0.1, 0.15) is 5.75 Å². The Morgan fingerprint density at radius 3 is 2.40 bits per heavy atom. The normalized spacial score (nSPS) is 10.2. The number of aromatic hydroxyl groups is 1. The van der Waals surface area contributed by atoms with Crippen molar-refractivity contribution in [3.8, 4) is 5.75 Å². The van der Waals surface area contributed by atoms with Gasteiger partial charge < -0.3 is 10.8 Å². The second-order valence-corrected chi connectivity index (χ2v) is 5.02. The molecule has 2 aromatic rings. The summed E-state index contributed by atoms with van der Waals surface area (Å²) in [5.74, 6) is -0.595. The molecular formula is C13H10N2O4S. The monoisotopic (exact) mass is 290 g/mol. The predicted molar refractivity (Wildman–Crippen MR) is 73.8 cm³/mol. The molecule has 0 saturated carbocycles. The zero-order valence-corrected chi connectivity index (χ0v) is 11.0. The van der Waals surface area contributed by atoms with E-state index in [4.69, 9.17) is 5.73 Å². The van der Waals surface area contributed by atoms with Crippen LogP contribution in [0.1, 0.15) is 10.4 Å². The molecule has 0 aliphatic rings. The molecule has 0 radical (unpaired) electrons. The lowest BCUT2D eigenvalue weighted by Gasteiger charge is -2.04. The molecule has 2 rings (SSSR count). The van der Waals surface area contributed by atoms with Gasteiger partial charge in [-0.05, 0) is 36.4 Å². The first kappa shape index (κ1) is 13.9. The van der Waals surface area contributed by atoms with E-state index < -0.39 is 10.8 Å². The van der Waals surface area contributed by atoms with Gasteiger partial charge in [0.2, 0.25) is 5.91 Å². The minimum atomic E-state index is -0.714. The molecule has 0 aromatic heterocycles. The van der Waals surface area contributed by atoms with E-state index in [0.29, 0.717) is 4.90 Å². The molecule has 20 heavy (non-hydrogen) atoms. The van der Waals surface area contributed by atoms with E-state index in [-0.39, 0.29) is 17.0 Å². The first-order valence-electron chi connectivity index (χ1n) is 5.52. The third kappa shape index (κ3) is 3.07. The van der Waals surface area contributed by atoms with E-state index in [1.165, 1.54) is 36.0 Å². The van der Waals surface area contributed by atoms with Crippen molar-refractivity contribution in [2.24, 2.45) is 5.73 Å². The number of carbonyl (C=O) groups excluding carboxylic acids is 1. The first-order valence-corrected chi connectivity index (χ1v) is 6.34. The van der Waals surface area contributed by atoms with E-state index in [9.17, 15) is 20.0 Å². The van der Waals surface area contributed by atoms with Crippen LogP contribution in [0, 0.1) is 10.1 Å². The van der Waals surface area contributed by atoms with Crippen LogP contribution in [-0.2, 0) is 0 Å². The van der Waals surface area contributed by atoms with Crippen LogP contribution in [0.5, 0.6) is 5.75 Å². The Labute approximate surface area is 118 Å². The van der Waals surface area contributed by atoms with Gasteiger partial charge in [-0.15, -0.1) is 0 Å². The molecule has 0 unspecified atom stereocenters. The molecule has 0 fully saturated rings. The number of carbonyl (C=O) groups is 1. The maximum Gasteiger partial charge on any atom is 0.284 e. The van der Waals surface area contributed by atoms with Crippen LogP contribution in [0.4, 0.5) is 5.69 Å². The molecule has 0 spiro atoms. The van der Waals surface area contributed by atoms with E-state index in [0.717, 1.165) is 11.0 Å². The van der Waals surface area contributed by atoms with Crippen molar-refractivity contribution in [3.05, 3.63) is 58.1 Å². The van der Waals surface area contributed by atoms with Crippen LogP contribution >= 0.6 is 11.8 Å². The second kappa shape index (κ2) is 5.62. The fraction of sp³-hybridized carbons (Fsp3) is 0. The van der Waals surface area contributed by atoms with Gasteiger partial charge in [0, 0.05) is 16.5 Å². The Balaban J connectivity index is 2.38. The molecular weight excluding hydrogens is 280 g/mol. The number of phenolic OH excluding ortho intramolecular Hbond substituents is 1. The van der Waals surface area contributed by atoms with Gasteiger partial charge in [0.25, 0.3) is 5.69 Å². The molecule has 0 aliphatic heterocycles. The molecule has 0 aliphatic carbocycles. The van der Waals surface area contributed by atoms with E-state index in [1.54, 1.807) is 12.1 Å². The van der Waals surface area contributed by atoms with E-state index in [1.807, 2.05) is 0 Å². The largest absolute Gasteiger partial charge is 0.508 e. The molecule has 7 heteroatoms. The molecule has 2 aromatic carbocycles. The van der Waals surface area contributed by atoms with E-state index in [2.05, 4.69) is 0 Å². The van der Waals surface area contributed by atoms with E-state index >= 15 is 0 Å². The highest BCUT2D eigenvalue weighted by atomic mass is 32.2. The van der Waals surface area contributed by atoms with Gasteiger partial charge in [-0.3, -0.25) is 14.9 Å². The van der Waals surface area contributed by atoms with Crippen molar-refractivity contribution in [2.75, 3.05) is 0 Å². The number of hydrogen-bond acceptors (Lipinski definition) is 5. The summed E-state index contributed by atoms with van der Waals surface area (Å²) in [6.45, 7) is 0. The minimum absolute atomic E-state index is 0.0896. The van der Waals surface area contributed by atoms with Crippen molar-refractivity contribution in [2.45, 2.75) is 9.79 Å². The lowest BCUT2D eigenvalue weighted by molar-refractivity contribution is -0.387. The number of nitro benzene ring substituents is 1. The number of hydrogen-bond donors (Lipinski definition) is 2. The van der Waals surface area contributed by atoms with Crippen LogP contribution in [0.15, 0.2) is 52.3 Å². The Bertz CT molecular complexity index is 671. The highest BCUT2D eigenvalue weighted by molar-refractivity contribution is 7.99. The molecule has 3 N–H and O–H groups in total. The Hall–Kier alpha value is -2.54. The van der Waals surface area contributed by atoms with Gasteiger partial charge >= 0.3 is 0 Å². The lowest BCUT2D eigenvalue weighted by atomic mass is 10.2. The highest BCUT2D eigenvalue weighted by Crippen LogP contribution is 2.35. The summed E-state index contributed by atoms with van der Waals surface area (Å²) in [5.41, 5.74) is 5.01. The third-order valence-corrected chi connectivity index (χ3v) is 3.58. The summed E-state index contributed by atoms with van der Waals surface area (Å²) in [4.78, 5) is 22.7. The van der Waals surface area contributed by atoms with Crippen LogP contribution in [-0.4, -0.2) is 15.9 Å². The summed E-state index contributed by atoms with van der Waals surface area (Å²) >= 11 is 1.17. The number of nitro groups is 1. The number of primary amides is 1. The Kier molecular flexibility index (Phi) is 3.90. The molecule has 0 atom stereocenters. The van der Waals surface area contributed by atoms with Crippen molar-refractivity contribution in [1.29, 1.82) is 0 Å². The molecule has 6 nitrogen and oxygen atoms in total. The van der Waals surface area contributed by atoms with Gasteiger partial charge in [-0.25, -0.2) is 0 Å². The Morgan fingerprint density at radius 1 is 1.20 bits per heavy atom. The standard InChI is InChI=1S/C13H10N2O4S/c14-13(17)8-1-6-12(11(7-8)15(18)19)20-10-4-2-9(16)3-5-10/h1-7,16H,(H2,14,17). The number of nitrogens with zero attached hydrogens (tertiary/aromatic N) is 1. The maximum atomic E-state index is 11.0. The zero-order chi connectivity index (χ0) is 14.7. The minimum Gasteiger partial charge on any atom is -0.508 e. The van der Waals surface area contributed by atoms with Gasteiger partial charge in [-0.2, -0.15) is 0 Å². The smallest absolute Gasteiger partial charge is 0.284 e. The second-order valence-electron chi connectivity index (χ2n) is 3.90. The summed E-state index contributed by atoms with van der Waals surface area (Å²) in [6.07, 6.45) is 0. The molecule has 1 amide bonds. The quantitative estimate of drug-likeness (QED) is 0.664. The summed E-state index contributed by atoms with van der Waals surface area (Å²) in [5, 5.41) is 20.2. The fourth-order valence-electron chi connectivity index (χ4n) is 1.54. The van der Waals surface area contributed by atoms with Crippen molar-refractivity contribution in [1.82, 2.24) is 0 Å². The zero-order valence-electron chi connectivity index (χ0n) is 10.1. The van der Waals surface area contributed by atoms with Gasteiger partial charge in [-0.1, -0.05) is 11.8 Å². The predicted octanol–water partition coefficient (Wildman–Crippen LogP) is 2.55. The topological polar surface area (TPSA) is 106 Å². The van der Waals surface area contributed by atoms with Crippen molar-refractivity contribution in [3.63, 3.8) is 0 Å². The number of phenols is 1. The summed E-state index contributed by atoms with van der Waals surface area (Å²) in [6, 6.07) is 10.4. The molecule has 0 saturated heterocycles. The van der Waals surface area contributed by atoms with Crippen LogP contribution < -0.4 is 5.73 Å². The summed E-state index contributed by atoms with van der Waals surface area (Å²) in [7, 11) is 0. The highest BCUT2D eigenvalue weighted by Gasteiger charge is 2.17. The molecule has 0 bridgehead atoms. The third-order valence-electron chi connectivity index (χ3n) is 2.50. The van der Waals surface area contributed by atoms with Crippen LogP contribution in [0.25, 0.3) is 0 Å². The number of rotatable bonds is 4. The van der Waals surface area contributed by atoms with Crippen LogP contribution in [0.3, 0.4) is 0 Å². The average molecular weight is 290 g/mol. The Morgan fingerprint density at radius 2 is 1.85 bits per heavy atom. The SMILES string of the molecule is NC(=O)c1ccc(Sc2ccc(O)cc2)c([N+](=O)[O-])c1. The molecule has 102 valence electrons. The van der Waals surface area contributed by atoms with Gasteiger partial charge in [0.15, 0.2) is 0 Å². The van der Waals surface area contributed by atoms with Gasteiger partial charge in [0.05, 0.1) is 9.82 Å². The number of amides is 1. The number of nitrogens with two attached hydrogens (primary N) is 1.